The van der Waals surface area contributed by atoms with Gasteiger partial charge in [0.25, 0.3) is 0 Å². The van der Waals surface area contributed by atoms with Crippen LogP contribution in [0.1, 0.15) is 33.4 Å². The topological polar surface area (TPSA) is 84.6 Å². The first kappa shape index (κ1) is 15.2. The van der Waals surface area contributed by atoms with Gasteiger partial charge in [-0.1, -0.05) is 29.8 Å². The van der Waals surface area contributed by atoms with Crippen LogP contribution in [0.5, 0.6) is 0 Å². The molecule has 1 aromatic carbocycles. The van der Waals surface area contributed by atoms with Crippen LogP contribution in [-0.2, 0) is 17.9 Å². The number of benzene rings is 1. The van der Waals surface area contributed by atoms with E-state index in [-0.39, 0.29) is 18.8 Å². The fourth-order valence-electron chi connectivity index (χ4n) is 2.08. The maximum Gasteiger partial charge on any atom is 0.358 e. The SMILES string of the molecule is COC(=O)c1ncn(C[C@@H](O)c2ccc(C)cc2)c1CO. The van der Waals surface area contributed by atoms with E-state index >= 15 is 0 Å². The molecule has 1 aromatic heterocycles. The lowest BCUT2D eigenvalue weighted by atomic mass is 10.1. The third kappa shape index (κ3) is 3.29. The smallest absolute Gasteiger partial charge is 0.358 e. The van der Waals surface area contributed by atoms with E-state index in [4.69, 9.17) is 0 Å². The first-order valence-corrected chi connectivity index (χ1v) is 6.54. The van der Waals surface area contributed by atoms with Crippen molar-refractivity contribution >= 4 is 5.97 Å². The van der Waals surface area contributed by atoms with Gasteiger partial charge in [-0.05, 0) is 12.5 Å². The van der Waals surface area contributed by atoms with Crippen molar-refractivity contribution in [3.8, 4) is 0 Å². The number of ether oxygens (including phenoxy) is 1. The molecule has 0 aliphatic carbocycles. The predicted octanol–water partition coefficient (Wildman–Crippen LogP) is 1.20. The van der Waals surface area contributed by atoms with E-state index in [1.54, 1.807) is 4.57 Å². The van der Waals surface area contributed by atoms with Crippen LogP contribution in [0.25, 0.3) is 0 Å². The van der Waals surface area contributed by atoms with E-state index in [1.165, 1.54) is 13.4 Å². The number of hydrogen-bond acceptors (Lipinski definition) is 5. The van der Waals surface area contributed by atoms with Crippen LogP contribution in [-0.4, -0.2) is 32.8 Å². The van der Waals surface area contributed by atoms with Gasteiger partial charge in [-0.2, -0.15) is 0 Å². The van der Waals surface area contributed by atoms with Crippen molar-refractivity contribution in [1.82, 2.24) is 9.55 Å². The molecule has 1 heterocycles. The van der Waals surface area contributed by atoms with Gasteiger partial charge in [0.05, 0.1) is 38.4 Å². The quantitative estimate of drug-likeness (QED) is 0.808. The van der Waals surface area contributed by atoms with Crippen LogP contribution < -0.4 is 0 Å². The van der Waals surface area contributed by atoms with Crippen LogP contribution in [0.15, 0.2) is 30.6 Å². The Morgan fingerprint density at radius 3 is 2.62 bits per heavy atom. The molecule has 0 radical (unpaired) electrons. The van der Waals surface area contributed by atoms with E-state index < -0.39 is 12.1 Å². The highest BCUT2D eigenvalue weighted by atomic mass is 16.5. The van der Waals surface area contributed by atoms with Crippen molar-refractivity contribution in [2.45, 2.75) is 26.2 Å². The van der Waals surface area contributed by atoms with Gasteiger partial charge in [0.15, 0.2) is 5.69 Å². The second-order valence-electron chi connectivity index (χ2n) is 4.77. The van der Waals surface area contributed by atoms with Crippen molar-refractivity contribution in [3.05, 3.63) is 53.1 Å². The van der Waals surface area contributed by atoms with E-state index in [1.807, 2.05) is 31.2 Å². The van der Waals surface area contributed by atoms with E-state index in [9.17, 15) is 15.0 Å². The summed E-state index contributed by atoms with van der Waals surface area (Å²) in [6, 6.07) is 7.52. The molecule has 2 rings (SSSR count). The lowest BCUT2D eigenvalue weighted by Gasteiger charge is -2.14. The lowest BCUT2D eigenvalue weighted by Crippen LogP contribution is -2.13. The summed E-state index contributed by atoms with van der Waals surface area (Å²) < 4.78 is 6.16. The number of esters is 1. The number of aromatic nitrogens is 2. The molecular weight excluding hydrogens is 272 g/mol. The highest BCUT2D eigenvalue weighted by Gasteiger charge is 2.19. The Balaban J connectivity index is 2.21. The number of aryl methyl sites for hydroxylation is 1. The minimum absolute atomic E-state index is 0.0658. The second kappa shape index (κ2) is 6.51. The van der Waals surface area contributed by atoms with Crippen molar-refractivity contribution < 1.29 is 19.7 Å². The Morgan fingerprint density at radius 1 is 1.38 bits per heavy atom. The Morgan fingerprint density at radius 2 is 2.05 bits per heavy atom. The lowest BCUT2D eigenvalue weighted by molar-refractivity contribution is 0.0589. The summed E-state index contributed by atoms with van der Waals surface area (Å²) in [4.78, 5) is 15.5. The molecule has 0 aliphatic heterocycles. The molecule has 2 aromatic rings. The Kier molecular flexibility index (Phi) is 4.72. The summed E-state index contributed by atoms with van der Waals surface area (Å²) >= 11 is 0. The highest BCUT2D eigenvalue weighted by molar-refractivity contribution is 5.88. The molecule has 2 N–H and O–H groups in total. The summed E-state index contributed by atoms with van der Waals surface area (Å²) in [7, 11) is 1.25. The van der Waals surface area contributed by atoms with Crippen molar-refractivity contribution in [3.63, 3.8) is 0 Å². The normalized spacial score (nSPS) is 12.2. The van der Waals surface area contributed by atoms with Crippen molar-refractivity contribution in [1.29, 1.82) is 0 Å². The summed E-state index contributed by atoms with van der Waals surface area (Å²) in [5, 5.41) is 19.6. The van der Waals surface area contributed by atoms with Crippen LogP contribution in [0.4, 0.5) is 0 Å². The van der Waals surface area contributed by atoms with Crippen molar-refractivity contribution in [2.24, 2.45) is 0 Å². The molecule has 0 aliphatic rings. The second-order valence-corrected chi connectivity index (χ2v) is 4.77. The zero-order valence-electron chi connectivity index (χ0n) is 12.0. The standard InChI is InChI=1S/C15H18N2O4/c1-10-3-5-11(6-4-10)13(19)7-17-9-16-14(12(17)8-18)15(20)21-2/h3-6,9,13,18-19H,7-8H2,1-2H3/t13-/m1/s1. The monoisotopic (exact) mass is 290 g/mol. The molecule has 0 saturated heterocycles. The molecule has 112 valence electrons. The largest absolute Gasteiger partial charge is 0.464 e. The molecule has 0 amide bonds. The van der Waals surface area contributed by atoms with Gasteiger partial charge in [-0.25, -0.2) is 9.78 Å². The summed E-state index contributed by atoms with van der Waals surface area (Å²) in [6.45, 7) is 1.81. The predicted molar refractivity (Wildman–Crippen MR) is 75.6 cm³/mol. The molecule has 6 nitrogen and oxygen atoms in total. The number of carbonyl (C=O) groups excluding carboxylic acids is 1. The van der Waals surface area contributed by atoms with Crippen LogP contribution in [0.3, 0.4) is 0 Å². The number of aliphatic hydroxyl groups excluding tert-OH is 2. The zero-order chi connectivity index (χ0) is 15.4. The summed E-state index contributed by atoms with van der Waals surface area (Å²) in [5.74, 6) is -0.609. The third-order valence-electron chi connectivity index (χ3n) is 3.31. The molecule has 0 unspecified atom stereocenters. The fourth-order valence-corrected chi connectivity index (χ4v) is 2.08. The number of aliphatic hydroxyl groups is 2. The number of rotatable bonds is 5. The van der Waals surface area contributed by atoms with Crippen LogP contribution in [0, 0.1) is 6.92 Å². The Hall–Kier alpha value is -2.18. The molecule has 6 heteroatoms. The van der Waals surface area contributed by atoms with E-state index in [0.717, 1.165) is 11.1 Å². The number of carbonyl (C=O) groups is 1. The number of hydrogen-bond donors (Lipinski definition) is 2. The molecule has 0 bridgehead atoms. The molecule has 0 fully saturated rings. The van der Waals surface area contributed by atoms with Gasteiger partial charge in [0, 0.05) is 0 Å². The van der Waals surface area contributed by atoms with Gasteiger partial charge in [-0.3, -0.25) is 0 Å². The third-order valence-corrected chi connectivity index (χ3v) is 3.31. The minimum atomic E-state index is -0.754. The number of nitrogens with zero attached hydrogens (tertiary/aromatic N) is 2. The summed E-state index contributed by atoms with van der Waals surface area (Å²) in [6.07, 6.45) is 0.658. The molecule has 0 saturated carbocycles. The Bertz CT molecular complexity index is 619. The maximum atomic E-state index is 11.5. The van der Waals surface area contributed by atoms with E-state index in [0.29, 0.717) is 5.69 Å². The maximum absolute atomic E-state index is 11.5. The van der Waals surface area contributed by atoms with Crippen molar-refractivity contribution in [2.75, 3.05) is 7.11 Å². The van der Waals surface area contributed by atoms with Gasteiger partial charge in [0.2, 0.25) is 0 Å². The van der Waals surface area contributed by atoms with E-state index in [2.05, 4.69) is 9.72 Å². The summed E-state index contributed by atoms with van der Waals surface area (Å²) in [5.41, 5.74) is 2.26. The van der Waals surface area contributed by atoms with Crippen LogP contribution >= 0.6 is 0 Å². The zero-order valence-corrected chi connectivity index (χ0v) is 12.0. The fraction of sp³-hybridized carbons (Fsp3) is 0.333. The molecule has 0 spiro atoms. The number of imidazole rings is 1. The first-order valence-electron chi connectivity index (χ1n) is 6.54. The molecule has 21 heavy (non-hydrogen) atoms. The average Bonchev–Trinajstić information content (AvgIpc) is 2.89. The Labute approximate surface area is 122 Å². The first-order chi connectivity index (χ1) is 10.1. The molecule has 1 atom stereocenters. The van der Waals surface area contributed by atoms with Crippen LogP contribution in [0.2, 0.25) is 0 Å². The van der Waals surface area contributed by atoms with Gasteiger partial charge >= 0.3 is 5.97 Å². The van der Waals surface area contributed by atoms with Gasteiger partial charge in [-0.15, -0.1) is 0 Å². The average molecular weight is 290 g/mol. The number of methoxy groups -OCH3 is 1. The minimum Gasteiger partial charge on any atom is -0.464 e. The highest BCUT2D eigenvalue weighted by Crippen LogP contribution is 2.18. The molecular formula is C15H18N2O4. The van der Waals surface area contributed by atoms with Gasteiger partial charge < -0.3 is 19.5 Å². The van der Waals surface area contributed by atoms with Gasteiger partial charge in [0.1, 0.15) is 0 Å².